The maximum Gasteiger partial charge on any atom is 0.336 e. The first kappa shape index (κ1) is 24.5. The number of nitrogens with zero attached hydrogens (tertiary/aromatic N) is 1. The average Bonchev–Trinajstić information content (AvgIpc) is 3.22. The van der Waals surface area contributed by atoms with Crippen LogP contribution < -0.4 is 10.6 Å². The molecule has 35 heavy (non-hydrogen) atoms. The Morgan fingerprint density at radius 3 is 2.23 bits per heavy atom. The lowest BCUT2D eigenvalue weighted by atomic mass is 9.71. The van der Waals surface area contributed by atoms with Gasteiger partial charge in [0.15, 0.2) is 5.13 Å². The molecule has 0 radical (unpaired) electrons. The van der Waals surface area contributed by atoms with Gasteiger partial charge in [0.25, 0.3) is 0 Å². The minimum atomic E-state index is -1.01. The Labute approximate surface area is 209 Å². The van der Waals surface area contributed by atoms with Gasteiger partial charge in [-0.15, -0.1) is 0 Å². The van der Waals surface area contributed by atoms with Crippen molar-refractivity contribution in [2.24, 2.45) is 5.92 Å². The minimum Gasteiger partial charge on any atom is -0.469 e. The van der Waals surface area contributed by atoms with Crippen LogP contribution in [0.2, 0.25) is 0 Å². The Hall–Kier alpha value is -3.65. The molecule has 4 rings (SSSR count). The highest BCUT2D eigenvalue weighted by molar-refractivity contribution is 7.19. The number of esters is 2. The van der Waals surface area contributed by atoms with Crippen LogP contribution in [0.5, 0.6) is 0 Å². The number of aryl methyl sites for hydroxylation is 1. The van der Waals surface area contributed by atoms with E-state index in [1.165, 1.54) is 25.6 Å². The Morgan fingerprint density at radius 2 is 1.63 bits per heavy atom. The first-order valence-electron chi connectivity index (χ1n) is 11.3. The van der Waals surface area contributed by atoms with Gasteiger partial charge in [-0.3, -0.25) is 4.79 Å². The molecule has 8 heteroatoms. The zero-order valence-corrected chi connectivity index (χ0v) is 21.2. The number of anilines is 1. The lowest BCUT2D eigenvalue weighted by molar-refractivity contribution is -0.149. The van der Waals surface area contributed by atoms with Crippen LogP contribution in [0.4, 0.5) is 5.13 Å². The minimum absolute atomic E-state index is 0.397. The van der Waals surface area contributed by atoms with E-state index in [1.807, 2.05) is 81.4 Å². The SMILES string of the molecule is COC(=O)C1=C(C)NC(C)(Nc2nc(C)c(-c3ccccc3)s2)C(C(=O)OC)C1c1ccccc1. The van der Waals surface area contributed by atoms with Crippen molar-refractivity contribution in [2.75, 3.05) is 19.5 Å². The highest BCUT2D eigenvalue weighted by atomic mass is 32.1. The van der Waals surface area contributed by atoms with Crippen molar-refractivity contribution >= 4 is 28.4 Å². The molecule has 1 aliphatic heterocycles. The van der Waals surface area contributed by atoms with Gasteiger partial charge in [-0.1, -0.05) is 72.0 Å². The molecule has 0 saturated carbocycles. The number of ether oxygens (including phenoxy) is 2. The summed E-state index contributed by atoms with van der Waals surface area (Å²) in [6.07, 6.45) is 0. The number of benzene rings is 2. The van der Waals surface area contributed by atoms with Gasteiger partial charge in [-0.2, -0.15) is 0 Å². The molecule has 3 unspecified atom stereocenters. The van der Waals surface area contributed by atoms with E-state index in [-0.39, 0.29) is 0 Å². The molecular formula is C27H29N3O4S. The normalized spacial score (nSPS) is 21.7. The number of aromatic nitrogens is 1. The molecule has 0 fully saturated rings. The zero-order valence-electron chi connectivity index (χ0n) is 20.4. The van der Waals surface area contributed by atoms with Gasteiger partial charge in [-0.25, -0.2) is 9.78 Å². The number of hydrogen-bond donors (Lipinski definition) is 2. The third-order valence-electron chi connectivity index (χ3n) is 6.34. The quantitative estimate of drug-likeness (QED) is 0.476. The lowest BCUT2D eigenvalue weighted by Gasteiger charge is -2.46. The van der Waals surface area contributed by atoms with Crippen molar-refractivity contribution in [3.8, 4) is 10.4 Å². The smallest absolute Gasteiger partial charge is 0.336 e. The van der Waals surface area contributed by atoms with E-state index in [9.17, 15) is 9.59 Å². The van der Waals surface area contributed by atoms with Crippen LogP contribution >= 0.6 is 11.3 Å². The fourth-order valence-corrected chi connectivity index (χ4v) is 5.90. The summed E-state index contributed by atoms with van der Waals surface area (Å²) in [6, 6.07) is 19.5. The molecule has 0 spiro atoms. The van der Waals surface area contributed by atoms with E-state index in [4.69, 9.17) is 14.5 Å². The molecule has 1 aliphatic rings. The predicted molar refractivity (Wildman–Crippen MR) is 137 cm³/mol. The maximum atomic E-state index is 13.3. The summed E-state index contributed by atoms with van der Waals surface area (Å²) in [7, 11) is 2.70. The van der Waals surface area contributed by atoms with Crippen LogP contribution in [0.15, 0.2) is 71.9 Å². The number of carbonyl (C=O) groups is 2. The van der Waals surface area contributed by atoms with Gasteiger partial charge in [-0.05, 0) is 31.9 Å². The van der Waals surface area contributed by atoms with Crippen molar-refractivity contribution in [1.82, 2.24) is 10.3 Å². The number of hydrogen-bond acceptors (Lipinski definition) is 8. The predicted octanol–water partition coefficient (Wildman–Crippen LogP) is 4.87. The topological polar surface area (TPSA) is 89.5 Å². The average molecular weight is 492 g/mol. The van der Waals surface area contributed by atoms with Gasteiger partial charge in [0, 0.05) is 11.6 Å². The van der Waals surface area contributed by atoms with Crippen molar-refractivity contribution in [1.29, 1.82) is 0 Å². The summed E-state index contributed by atoms with van der Waals surface area (Å²) in [6.45, 7) is 5.67. The molecule has 0 aliphatic carbocycles. The number of carbonyl (C=O) groups excluding carboxylic acids is 2. The second kappa shape index (κ2) is 9.92. The van der Waals surface area contributed by atoms with E-state index in [2.05, 4.69) is 10.6 Å². The Bertz CT molecular complexity index is 1260. The Kier molecular flexibility index (Phi) is 6.93. The van der Waals surface area contributed by atoms with E-state index in [1.54, 1.807) is 0 Å². The second-order valence-corrected chi connectivity index (χ2v) is 9.67. The van der Waals surface area contributed by atoms with Crippen LogP contribution in [0.25, 0.3) is 10.4 Å². The van der Waals surface area contributed by atoms with Gasteiger partial charge < -0.3 is 20.1 Å². The number of thiazole rings is 1. The van der Waals surface area contributed by atoms with E-state index in [0.29, 0.717) is 16.4 Å². The highest BCUT2D eigenvalue weighted by Gasteiger charge is 2.52. The molecule has 0 amide bonds. The number of methoxy groups -OCH3 is 2. The summed E-state index contributed by atoms with van der Waals surface area (Å²) in [5.41, 5.74) is 2.80. The summed E-state index contributed by atoms with van der Waals surface area (Å²) < 4.78 is 10.4. The van der Waals surface area contributed by atoms with E-state index >= 15 is 0 Å². The van der Waals surface area contributed by atoms with Gasteiger partial charge in [0.2, 0.25) is 0 Å². The van der Waals surface area contributed by atoms with Crippen LogP contribution in [0.1, 0.15) is 31.0 Å². The van der Waals surface area contributed by atoms with Crippen molar-refractivity contribution in [3.05, 3.63) is 83.2 Å². The molecule has 0 saturated heterocycles. The Balaban J connectivity index is 1.82. The summed E-state index contributed by atoms with van der Waals surface area (Å²) >= 11 is 1.51. The molecule has 3 atom stereocenters. The summed E-state index contributed by atoms with van der Waals surface area (Å²) in [5, 5.41) is 7.50. The summed E-state index contributed by atoms with van der Waals surface area (Å²) in [4.78, 5) is 32.0. The van der Waals surface area contributed by atoms with E-state index in [0.717, 1.165) is 21.7 Å². The van der Waals surface area contributed by atoms with Crippen molar-refractivity contribution in [2.45, 2.75) is 32.4 Å². The van der Waals surface area contributed by atoms with E-state index < -0.39 is 29.4 Å². The van der Waals surface area contributed by atoms with Gasteiger partial charge in [0.1, 0.15) is 11.6 Å². The van der Waals surface area contributed by atoms with Crippen molar-refractivity contribution in [3.63, 3.8) is 0 Å². The first-order valence-corrected chi connectivity index (χ1v) is 12.1. The lowest BCUT2D eigenvalue weighted by Crippen LogP contribution is -2.62. The summed E-state index contributed by atoms with van der Waals surface area (Å²) in [5.74, 6) is -2.33. The second-order valence-electron chi connectivity index (χ2n) is 8.67. The van der Waals surface area contributed by atoms with Crippen LogP contribution in [-0.2, 0) is 19.1 Å². The Morgan fingerprint density at radius 1 is 1.00 bits per heavy atom. The van der Waals surface area contributed by atoms with Crippen LogP contribution in [0.3, 0.4) is 0 Å². The van der Waals surface area contributed by atoms with Crippen LogP contribution in [0, 0.1) is 12.8 Å². The molecule has 2 N–H and O–H groups in total. The van der Waals surface area contributed by atoms with Gasteiger partial charge in [0.05, 0.1) is 30.4 Å². The van der Waals surface area contributed by atoms with Gasteiger partial charge >= 0.3 is 11.9 Å². The van der Waals surface area contributed by atoms with Crippen molar-refractivity contribution < 1.29 is 19.1 Å². The highest BCUT2D eigenvalue weighted by Crippen LogP contribution is 2.45. The number of nitrogens with one attached hydrogen (secondary N) is 2. The molecular weight excluding hydrogens is 462 g/mol. The largest absolute Gasteiger partial charge is 0.469 e. The zero-order chi connectivity index (χ0) is 25.2. The number of allylic oxidation sites excluding steroid dienone is 1. The monoisotopic (exact) mass is 491 g/mol. The maximum absolute atomic E-state index is 13.3. The fourth-order valence-electron chi connectivity index (χ4n) is 4.81. The molecule has 182 valence electrons. The fraction of sp³-hybridized carbons (Fsp3) is 0.296. The molecule has 7 nitrogen and oxygen atoms in total. The number of rotatable bonds is 6. The molecule has 2 heterocycles. The first-order chi connectivity index (χ1) is 16.8. The standard InChI is InChI=1S/C27H29N3O4S/c1-16-20(24(31)33-4)21(18-12-8-6-9-13-18)22(25(32)34-5)27(3,29-16)30-26-28-17(2)23(35-26)19-14-10-7-11-15-19/h6-15,21-22,29H,1-5H3,(H,28,30). The van der Waals surface area contributed by atoms with Crippen LogP contribution in [-0.4, -0.2) is 36.8 Å². The third-order valence-corrected chi connectivity index (χ3v) is 7.46. The molecule has 1 aromatic heterocycles. The molecule has 3 aromatic rings. The third kappa shape index (κ3) is 4.66. The molecule has 0 bridgehead atoms. The molecule has 2 aromatic carbocycles.